The van der Waals surface area contributed by atoms with E-state index in [0.717, 1.165) is 17.7 Å². The Bertz CT molecular complexity index is 870. The first-order valence-corrected chi connectivity index (χ1v) is 8.61. The van der Waals surface area contributed by atoms with Crippen LogP contribution in [0.25, 0.3) is 6.08 Å². The van der Waals surface area contributed by atoms with E-state index in [1.165, 1.54) is 13.3 Å². The van der Waals surface area contributed by atoms with Gasteiger partial charge >= 0.3 is 0 Å². The second-order valence-electron chi connectivity index (χ2n) is 6.13. The molecule has 1 saturated heterocycles. The molecule has 1 fully saturated rings. The van der Waals surface area contributed by atoms with Crippen molar-refractivity contribution in [2.45, 2.75) is 12.5 Å². The quantitative estimate of drug-likeness (QED) is 0.745. The molecule has 3 heterocycles. The van der Waals surface area contributed by atoms with Gasteiger partial charge in [-0.3, -0.25) is 4.79 Å². The van der Waals surface area contributed by atoms with Gasteiger partial charge in [-0.05, 0) is 23.8 Å². The van der Waals surface area contributed by atoms with Gasteiger partial charge in [0.15, 0.2) is 11.5 Å². The minimum atomic E-state index is -0.140. The Balaban J connectivity index is 1.35. The molecule has 0 N–H and O–H groups in total. The van der Waals surface area contributed by atoms with E-state index in [2.05, 4.69) is 9.97 Å². The lowest BCUT2D eigenvalue weighted by Crippen LogP contribution is -2.29. The summed E-state index contributed by atoms with van der Waals surface area (Å²) in [6, 6.07) is 5.57. The normalized spacial score (nSPS) is 18.1. The van der Waals surface area contributed by atoms with Crippen LogP contribution in [0.4, 0.5) is 0 Å². The number of amides is 1. The van der Waals surface area contributed by atoms with E-state index in [0.29, 0.717) is 30.6 Å². The number of rotatable bonds is 5. The average molecular weight is 369 g/mol. The van der Waals surface area contributed by atoms with E-state index >= 15 is 0 Å². The summed E-state index contributed by atoms with van der Waals surface area (Å²) >= 11 is 0. The van der Waals surface area contributed by atoms with Gasteiger partial charge in [0.25, 0.3) is 11.8 Å². The number of benzene rings is 1. The predicted molar refractivity (Wildman–Crippen MR) is 95.8 cm³/mol. The molecular formula is C19H19N3O5. The summed E-state index contributed by atoms with van der Waals surface area (Å²) < 4.78 is 21.6. The predicted octanol–water partition coefficient (Wildman–Crippen LogP) is 1.91. The third-order valence-corrected chi connectivity index (χ3v) is 4.38. The van der Waals surface area contributed by atoms with Crippen LogP contribution in [-0.2, 0) is 4.79 Å². The van der Waals surface area contributed by atoms with Gasteiger partial charge in [-0.2, -0.15) is 0 Å². The Hall–Kier alpha value is -3.29. The highest BCUT2D eigenvalue weighted by molar-refractivity contribution is 5.92. The largest absolute Gasteiger partial charge is 0.477 e. The van der Waals surface area contributed by atoms with E-state index in [1.807, 2.05) is 18.2 Å². The topological polar surface area (TPSA) is 83.0 Å². The fourth-order valence-electron chi connectivity index (χ4n) is 3.01. The number of ether oxygens (including phenoxy) is 4. The number of hydrogen-bond acceptors (Lipinski definition) is 7. The maximum atomic E-state index is 12.4. The van der Waals surface area contributed by atoms with Crippen LogP contribution in [0, 0.1) is 0 Å². The molecule has 0 saturated carbocycles. The number of methoxy groups -OCH3 is 1. The molecule has 0 aliphatic carbocycles. The van der Waals surface area contributed by atoms with E-state index in [1.54, 1.807) is 23.2 Å². The highest BCUT2D eigenvalue weighted by Gasteiger charge is 2.27. The Morgan fingerprint density at radius 1 is 1.22 bits per heavy atom. The SMILES string of the molecule is COc1nccnc1O[C@H]1CCN(C(=O)/C=C/c2ccc3c(c2)OCO3)C1. The number of aromatic nitrogens is 2. The van der Waals surface area contributed by atoms with Gasteiger partial charge in [0.05, 0.1) is 13.7 Å². The number of hydrogen-bond donors (Lipinski definition) is 0. The lowest BCUT2D eigenvalue weighted by molar-refractivity contribution is -0.125. The van der Waals surface area contributed by atoms with Crippen molar-refractivity contribution < 1.29 is 23.7 Å². The zero-order valence-electron chi connectivity index (χ0n) is 14.8. The summed E-state index contributed by atoms with van der Waals surface area (Å²) in [5.74, 6) is 2.03. The van der Waals surface area contributed by atoms with Crippen LogP contribution in [0.15, 0.2) is 36.7 Å². The van der Waals surface area contributed by atoms with Crippen LogP contribution < -0.4 is 18.9 Å². The van der Waals surface area contributed by atoms with E-state index in [-0.39, 0.29) is 18.8 Å². The monoisotopic (exact) mass is 369 g/mol. The van der Waals surface area contributed by atoms with Gasteiger partial charge in [-0.1, -0.05) is 6.07 Å². The molecule has 0 spiro atoms. The van der Waals surface area contributed by atoms with Gasteiger partial charge in [0.2, 0.25) is 12.7 Å². The summed E-state index contributed by atoms with van der Waals surface area (Å²) in [7, 11) is 1.52. The zero-order valence-corrected chi connectivity index (χ0v) is 14.8. The fraction of sp³-hybridized carbons (Fsp3) is 0.316. The second-order valence-corrected chi connectivity index (χ2v) is 6.13. The number of likely N-dealkylation sites (tertiary alicyclic amines) is 1. The van der Waals surface area contributed by atoms with E-state index in [9.17, 15) is 4.79 Å². The van der Waals surface area contributed by atoms with Crippen LogP contribution in [0.5, 0.6) is 23.3 Å². The number of nitrogens with zero attached hydrogens (tertiary/aromatic N) is 3. The molecule has 4 rings (SSSR count). The van der Waals surface area contributed by atoms with Gasteiger partial charge in [-0.15, -0.1) is 0 Å². The van der Waals surface area contributed by atoms with Crippen molar-refractivity contribution in [3.8, 4) is 23.3 Å². The molecule has 0 unspecified atom stereocenters. The van der Waals surface area contributed by atoms with Crippen molar-refractivity contribution in [3.63, 3.8) is 0 Å². The summed E-state index contributed by atoms with van der Waals surface area (Å²) in [5.41, 5.74) is 0.879. The molecule has 8 nitrogen and oxygen atoms in total. The maximum absolute atomic E-state index is 12.4. The van der Waals surface area contributed by atoms with Gasteiger partial charge < -0.3 is 23.8 Å². The highest BCUT2D eigenvalue weighted by Crippen LogP contribution is 2.32. The molecule has 1 aromatic carbocycles. The maximum Gasteiger partial charge on any atom is 0.278 e. The molecule has 1 aromatic heterocycles. The van der Waals surface area contributed by atoms with E-state index < -0.39 is 0 Å². The molecule has 0 radical (unpaired) electrons. The molecule has 2 aromatic rings. The van der Waals surface area contributed by atoms with Crippen LogP contribution in [0.1, 0.15) is 12.0 Å². The standard InChI is InChI=1S/C19H19N3O5/c1-24-18-19(21-8-7-20-18)27-14-6-9-22(11-14)17(23)5-3-13-2-4-15-16(10-13)26-12-25-15/h2-5,7-8,10,14H,6,9,11-12H2,1H3/b5-3+/t14-/m0/s1. The Labute approximate surface area is 156 Å². The lowest BCUT2D eigenvalue weighted by atomic mass is 10.2. The molecule has 27 heavy (non-hydrogen) atoms. The molecule has 2 aliphatic rings. The first kappa shape index (κ1) is 17.1. The minimum Gasteiger partial charge on any atom is -0.477 e. The smallest absolute Gasteiger partial charge is 0.278 e. The first-order chi connectivity index (χ1) is 13.2. The van der Waals surface area contributed by atoms with Crippen molar-refractivity contribution in [1.29, 1.82) is 0 Å². The van der Waals surface area contributed by atoms with Crippen LogP contribution in [-0.4, -0.2) is 53.9 Å². The summed E-state index contributed by atoms with van der Waals surface area (Å²) in [6.07, 6.45) is 7.00. The highest BCUT2D eigenvalue weighted by atomic mass is 16.7. The number of fused-ring (bicyclic) bond motifs is 1. The average Bonchev–Trinajstić information content (AvgIpc) is 3.35. The van der Waals surface area contributed by atoms with Crippen LogP contribution in [0.2, 0.25) is 0 Å². The summed E-state index contributed by atoms with van der Waals surface area (Å²) in [4.78, 5) is 22.4. The Morgan fingerprint density at radius 3 is 2.89 bits per heavy atom. The third kappa shape index (κ3) is 3.79. The van der Waals surface area contributed by atoms with Crippen molar-refractivity contribution in [2.75, 3.05) is 27.0 Å². The molecule has 1 atom stereocenters. The molecule has 2 aliphatic heterocycles. The van der Waals surface area contributed by atoms with Crippen molar-refractivity contribution in [3.05, 3.63) is 42.2 Å². The number of carbonyl (C=O) groups excluding carboxylic acids is 1. The van der Waals surface area contributed by atoms with Gasteiger partial charge in [-0.25, -0.2) is 9.97 Å². The molecule has 140 valence electrons. The van der Waals surface area contributed by atoms with Gasteiger partial charge in [0, 0.05) is 31.4 Å². The molecule has 0 bridgehead atoms. The molecule has 8 heteroatoms. The second kappa shape index (κ2) is 7.53. The first-order valence-electron chi connectivity index (χ1n) is 8.61. The lowest BCUT2D eigenvalue weighted by Gasteiger charge is -2.16. The van der Waals surface area contributed by atoms with Crippen LogP contribution >= 0.6 is 0 Å². The fourth-order valence-corrected chi connectivity index (χ4v) is 3.01. The Morgan fingerprint density at radius 2 is 2.04 bits per heavy atom. The molecule has 1 amide bonds. The van der Waals surface area contributed by atoms with Crippen LogP contribution in [0.3, 0.4) is 0 Å². The summed E-state index contributed by atoms with van der Waals surface area (Å²) in [6.45, 7) is 1.34. The third-order valence-electron chi connectivity index (χ3n) is 4.38. The van der Waals surface area contributed by atoms with Crippen molar-refractivity contribution in [2.24, 2.45) is 0 Å². The number of carbonyl (C=O) groups is 1. The molecular weight excluding hydrogens is 350 g/mol. The van der Waals surface area contributed by atoms with Gasteiger partial charge in [0.1, 0.15) is 6.10 Å². The van der Waals surface area contributed by atoms with Crippen molar-refractivity contribution in [1.82, 2.24) is 14.9 Å². The zero-order chi connectivity index (χ0) is 18.6. The Kier molecular flexibility index (Phi) is 4.78. The minimum absolute atomic E-state index is 0.0649. The van der Waals surface area contributed by atoms with Crippen molar-refractivity contribution >= 4 is 12.0 Å². The summed E-state index contributed by atoms with van der Waals surface area (Å²) in [5, 5.41) is 0. The van der Waals surface area contributed by atoms with E-state index in [4.69, 9.17) is 18.9 Å².